The molecular formula is C26H27ClFN7O3S. The Hall–Kier alpha value is -3.77. The summed E-state index contributed by atoms with van der Waals surface area (Å²) in [5.74, 6) is -0.865. The number of aryl methyl sites for hydroxylation is 1. The van der Waals surface area contributed by atoms with Crippen LogP contribution in [0.15, 0.2) is 37.1 Å². The molecule has 13 heteroatoms. The first-order valence-electron chi connectivity index (χ1n) is 12.2. The lowest BCUT2D eigenvalue weighted by Gasteiger charge is -2.44. The molecule has 2 atom stereocenters. The Labute approximate surface area is 229 Å². The number of fused-ring (bicyclic) bond motifs is 2. The molecule has 0 saturated carbocycles. The number of halogens is 2. The molecule has 0 spiro atoms. The highest BCUT2D eigenvalue weighted by Gasteiger charge is 2.34. The van der Waals surface area contributed by atoms with E-state index in [1.807, 2.05) is 37.8 Å². The van der Waals surface area contributed by atoms with Gasteiger partial charge in [-0.2, -0.15) is 10.1 Å². The van der Waals surface area contributed by atoms with Crippen molar-refractivity contribution < 1.29 is 17.6 Å². The molecule has 5 rings (SSSR count). The van der Waals surface area contributed by atoms with E-state index in [0.29, 0.717) is 40.8 Å². The zero-order chi connectivity index (χ0) is 28.2. The number of nitrogens with one attached hydrogen (secondary N) is 2. The molecule has 1 saturated heterocycles. The minimum Gasteiger partial charge on any atom is -0.349 e. The summed E-state index contributed by atoms with van der Waals surface area (Å²) in [5.41, 5.74) is 2.09. The molecular weight excluding hydrogens is 545 g/mol. The Morgan fingerprint density at radius 3 is 2.64 bits per heavy atom. The lowest BCUT2D eigenvalue weighted by atomic mass is 9.95. The summed E-state index contributed by atoms with van der Waals surface area (Å²) >= 11 is 6.77. The zero-order valence-corrected chi connectivity index (χ0v) is 23.4. The van der Waals surface area contributed by atoms with Crippen LogP contribution >= 0.6 is 11.6 Å². The van der Waals surface area contributed by atoms with Crippen molar-refractivity contribution in [2.75, 3.05) is 29.0 Å². The second-order valence-corrected chi connectivity index (χ2v) is 12.0. The van der Waals surface area contributed by atoms with Crippen LogP contribution in [0.1, 0.15) is 19.4 Å². The van der Waals surface area contributed by atoms with Crippen LogP contribution in [0.4, 0.5) is 16.2 Å². The molecule has 2 N–H and O–H groups in total. The number of H-pyrrole nitrogens is 1. The molecule has 3 heterocycles. The third-order valence-electron chi connectivity index (χ3n) is 6.94. The van der Waals surface area contributed by atoms with E-state index in [9.17, 15) is 13.2 Å². The number of nitrogens with zero attached hydrogens (tertiary/aromatic N) is 5. The largest absolute Gasteiger partial charge is 0.349 e. The van der Waals surface area contributed by atoms with E-state index >= 15 is 4.39 Å². The van der Waals surface area contributed by atoms with Gasteiger partial charge in [0, 0.05) is 47.1 Å². The standard InChI is InChI=1S/C26H27ClFN7O3S/c1-6-20(36)34-11-15(4)35(12-14(34)3)25-16-9-18(27)22(21-13(2)7-8-19-17(21)10-29-32-19)23(28)24(16)30-26(31-25)33-39(5,37)38/h6-10,14-15H,1,11-12H2,2-5H3,(H,29,32)(H,30,31,33)/t14-,15+/m1/s1. The fourth-order valence-electron chi connectivity index (χ4n) is 5.14. The molecule has 10 nitrogen and oxygen atoms in total. The summed E-state index contributed by atoms with van der Waals surface area (Å²) in [6.07, 6.45) is 3.84. The molecule has 4 aromatic rings. The van der Waals surface area contributed by atoms with Crippen LogP contribution in [0.2, 0.25) is 5.02 Å². The highest BCUT2D eigenvalue weighted by atomic mass is 35.5. The van der Waals surface area contributed by atoms with Gasteiger partial charge in [-0.3, -0.25) is 14.6 Å². The van der Waals surface area contributed by atoms with Crippen LogP contribution in [-0.2, 0) is 14.8 Å². The minimum absolute atomic E-state index is 0.0881. The Morgan fingerprint density at radius 1 is 1.21 bits per heavy atom. The number of aromatic amines is 1. The maximum absolute atomic E-state index is 16.5. The molecule has 1 aliphatic rings. The number of anilines is 2. The fraction of sp³-hybridized carbons (Fsp3) is 0.308. The van der Waals surface area contributed by atoms with Crippen molar-refractivity contribution in [2.45, 2.75) is 32.9 Å². The lowest BCUT2D eigenvalue weighted by Crippen LogP contribution is -2.58. The van der Waals surface area contributed by atoms with Gasteiger partial charge < -0.3 is 9.80 Å². The Morgan fingerprint density at radius 2 is 1.95 bits per heavy atom. The van der Waals surface area contributed by atoms with Crippen LogP contribution < -0.4 is 9.62 Å². The smallest absolute Gasteiger partial charge is 0.246 e. The quantitative estimate of drug-likeness (QED) is 0.343. The predicted octanol–water partition coefficient (Wildman–Crippen LogP) is 4.26. The second-order valence-electron chi connectivity index (χ2n) is 9.82. The number of aromatic nitrogens is 4. The van der Waals surface area contributed by atoms with Crippen LogP contribution in [0.25, 0.3) is 32.9 Å². The van der Waals surface area contributed by atoms with Crippen molar-refractivity contribution in [1.29, 1.82) is 0 Å². The van der Waals surface area contributed by atoms with Gasteiger partial charge in [0.1, 0.15) is 11.3 Å². The van der Waals surface area contributed by atoms with E-state index < -0.39 is 15.8 Å². The first-order chi connectivity index (χ1) is 18.4. The maximum Gasteiger partial charge on any atom is 0.246 e. The molecule has 1 fully saturated rings. The third kappa shape index (κ3) is 4.78. The summed E-state index contributed by atoms with van der Waals surface area (Å²) < 4.78 is 43.0. The summed E-state index contributed by atoms with van der Waals surface area (Å²) in [6.45, 7) is 9.94. The summed E-state index contributed by atoms with van der Waals surface area (Å²) in [4.78, 5) is 24.7. The van der Waals surface area contributed by atoms with Gasteiger partial charge in [0.15, 0.2) is 5.82 Å². The van der Waals surface area contributed by atoms with Gasteiger partial charge in [-0.05, 0) is 44.5 Å². The highest BCUT2D eigenvalue weighted by molar-refractivity contribution is 7.92. The third-order valence-corrected chi connectivity index (χ3v) is 7.79. The molecule has 39 heavy (non-hydrogen) atoms. The lowest BCUT2D eigenvalue weighted by molar-refractivity contribution is -0.128. The number of benzene rings is 2. The van der Waals surface area contributed by atoms with Gasteiger partial charge in [-0.25, -0.2) is 17.8 Å². The first-order valence-corrected chi connectivity index (χ1v) is 14.5. The SMILES string of the molecule is C=CC(=O)N1C[C@H](C)N(c2nc(NS(C)(=O)=O)nc3c(F)c(-c4c(C)ccc5[nH]ncc45)c(Cl)cc23)C[C@H]1C. The molecule has 0 unspecified atom stereocenters. The van der Waals surface area contributed by atoms with Gasteiger partial charge in [-0.1, -0.05) is 24.2 Å². The number of hydrogen-bond donors (Lipinski definition) is 2. The molecule has 1 amide bonds. The van der Waals surface area contributed by atoms with Gasteiger partial charge in [0.25, 0.3) is 0 Å². The minimum atomic E-state index is -3.77. The van der Waals surface area contributed by atoms with E-state index in [2.05, 4.69) is 31.5 Å². The normalized spacial score (nSPS) is 18.1. The summed E-state index contributed by atoms with van der Waals surface area (Å²) in [5, 5.41) is 8.12. The van der Waals surface area contributed by atoms with Crippen LogP contribution in [0.3, 0.4) is 0 Å². The molecule has 0 bridgehead atoms. The van der Waals surface area contributed by atoms with Crippen LogP contribution in [0, 0.1) is 12.7 Å². The van der Waals surface area contributed by atoms with Crippen molar-refractivity contribution >= 4 is 61.1 Å². The van der Waals surface area contributed by atoms with Crippen LogP contribution in [0.5, 0.6) is 0 Å². The number of amides is 1. The Bertz CT molecular complexity index is 1760. The van der Waals surface area contributed by atoms with Crippen molar-refractivity contribution in [1.82, 2.24) is 25.1 Å². The first kappa shape index (κ1) is 26.8. The van der Waals surface area contributed by atoms with Crippen LogP contribution in [-0.4, -0.2) is 70.8 Å². The molecule has 204 valence electrons. The van der Waals surface area contributed by atoms with E-state index in [4.69, 9.17) is 11.6 Å². The van der Waals surface area contributed by atoms with E-state index in [1.165, 1.54) is 6.08 Å². The average Bonchev–Trinajstić information content (AvgIpc) is 3.34. The van der Waals surface area contributed by atoms with Gasteiger partial charge in [0.05, 0.1) is 23.0 Å². The topological polar surface area (TPSA) is 124 Å². The van der Waals surface area contributed by atoms with Gasteiger partial charge in [-0.15, -0.1) is 0 Å². The van der Waals surface area contributed by atoms with Gasteiger partial charge in [0.2, 0.25) is 21.9 Å². The summed E-state index contributed by atoms with van der Waals surface area (Å²) in [7, 11) is -3.77. The van der Waals surface area contributed by atoms with E-state index in [-0.39, 0.29) is 40.0 Å². The maximum atomic E-state index is 16.5. The molecule has 0 radical (unpaired) electrons. The average molecular weight is 572 g/mol. The molecule has 0 aliphatic carbocycles. The van der Waals surface area contributed by atoms with E-state index in [1.54, 1.807) is 17.2 Å². The molecule has 1 aliphatic heterocycles. The Kier molecular flexibility index (Phi) is 6.71. The monoisotopic (exact) mass is 571 g/mol. The fourth-order valence-corrected chi connectivity index (χ4v) is 5.85. The molecule has 2 aromatic heterocycles. The van der Waals surface area contributed by atoms with Crippen molar-refractivity contribution in [3.63, 3.8) is 0 Å². The number of carbonyl (C=O) groups excluding carboxylic acids is 1. The highest BCUT2D eigenvalue weighted by Crippen LogP contribution is 2.42. The number of piperazine rings is 1. The summed E-state index contributed by atoms with van der Waals surface area (Å²) in [6, 6.07) is 4.83. The van der Waals surface area contributed by atoms with Crippen molar-refractivity contribution in [3.8, 4) is 11.1 Å². The van der Waals surface area contributed by atoms with Crippen molar-refractivity contribution in [2.24, 2.45) is 0 Å². The number of sulfonamides is 1. The number of carbonyl (C=O) groups is 1. The van der Waals surface area contributed by atoms with Gasteiger partial charge >= 0.3 is 0 Å². The second kappa shape index (κ2) is 9.76. The molecule has 2 aromatic carbocycles. The predicted molar refractivity (Wildman–Crippen MR) is 151 cm³/mol. The van der Waals surface area contributed by atoms with Crippen molar-refractivity contribution in [3.05, 3.63) is 53.5 Å². The Balaban J connectivity index is 1.75. The number of rotatable bonds is 5. The number of hydrogen-bond acceptors (Lipinski definition) is 7. The van der Waals surface area contributed by atoms with E-state index in [0.717, 1.165) is 11.8 Å². The zero-order valence-electron chi connectivity index (χ0n) is 21.8.